The zero-order valence-electron chi connectivity index (χ0n) is 21.9. The van der Waals surface area contributed by atoms with Crippen LogP contribution in [0.2, 0.25) is 5.02 Å². The number of amides is 1. The summed E-state index contributed by atoms with van der Waals surface area (Å²) in [6.45, 7) is 4.20. The molecule has 5 unspecified atom stereocenters. The molecule has 0 aromatic heterocycles. The van der Waals surface area contributed by atoms with Crippen molar-refractivity contribution in [1.82, 2.24) is 4.72 Å². The summed E-state index contributed by atoms with van der Waals surface area (Å²) < 4.78 is 21.5. The molecule has 5 atom stereocenters. The van der Waals surface area contributed by atoms with Gasteiger partial charge in [-0.1, -0.05) is 43.2 Å². The average molecular weight is 557 g/mol. The molecule has 5 rings (SSSR count). The molecule has 0 radical (unpaired) electrons. The summed E-state index contributed by atoms with van der Waals surface area (Å²) >= 11 is 4.90. The van der Waals surface area contributed by atoms with E-state index < -0.39 is 17.5 Å². The monoisotopic (exact) mass is 556 g/mol. The first-order valence-electron chi connectivity index (χ1n) is 13.8. The van der Waals surface area contributed by atoms with Crippen molar-refractivity contribution < 1.29 is 19.2 Å². The maximum absolute atomic E-state index is 13.0. The van der Waals surface area contributed by atoms with Gasteiger partial charge in [0.05, 0.1) is 29.8 Å². The fourth-order valence-electron chi connectivity index (χ4n) is 5.93. The van der Waals surface area contributed by atoms with Crippen LogP contribution in [0.15, 0.2) is 48.6 Å². The lowest BCUT2D eigenvalue weighted by Gasteiger charge is -2.42. The van der Waals surface area contributed by atoms with E-state index in [2.05, 4.69) is 28.7 Å². The van der Waals surface area contributed by atoms with E-state index in [0.717, 1.165) is 61.7 Å². The van der Waals surface area contributed by atoms with E-state index in [-0.39, 0.29) is 17.7 Å². The van der Waals surface area contributed by atoms with E-state index in [9.17, 15) is 14.5 Å². The molecule has 38 heavy (non-hydrogen) atoms. The molecule has 6 nitrogen and oxygen atoms in total. The number of halogens is 1. The highest BCUT2D eigenvalue weighted by Crippen LogP contribution is 2.42. The normalized spacial score (nSPS) is 28.8. The number of aryl methyl sites for hydroxylation is 1. The van der Waals surface area contributed by atoms with Crippen LogP contribution >= 0.6 is 11.6 Å². The number of rotatable bonds is 3. The van der Waals surface area contributed by atoms with E-state index >= 15 is 0 Å². The number of hydrogen-bond donors (Lipinski definition) is 2. The molecule has 1 fully saturated rings. The zero-order chi connectivity index (χ0) is 26.6. The van der Waals surface area contributed by atoms with Crippen molar-refractivity contribution in [3.63, 3.8) is 0 Å². The molecular weight excluding hydrogens is 520 g/mol. The third-order valence-corrected chi connectivity index (χ3v) is 9.42. The van der Waals surface area contributed by atoms with Gasteiger partial charge in [-0.3, -0.25) is 4.79 Å². The maximum Gasteiger partial charge on any atom is 0.292 e. The molecule has 1 aliphatic carbocycles. The third kappa shape index (κ3) is 6.17. The lowest BCUT2D eigenvalue weighted by Crippen LogP contribution is -2.44. The first-order valence-corrected chi connectivity index (χ1v) is 15.5. The number of fused-ring (bicyclic) bond motifs is 2. The molecule has 2 heterocycles. The second kappa shape index (κ2) is 12.3. The lowest BCUT2D eigenvalue weighted by molar-refractivity contribution is 0.0461. The van der Waals surface area contributed by atoms with Crippen LogP contribution in [0.5, 0.6) is 5.75 Å². The highest BCUT2D eigenvalue weighted by Gasteiger charge is 2.38. The number of nitrogens with one attached hydrogen (secondary N) is 1. The van der Waals surface area contributed by atoms with Gasteiger partial charge in [-0.05, 0) is 85.4 Å². The Morgan fingerprint density at radius 2 is 2.08 bits per heavy atom. The number of carbonyl (C=O) groups is 1. The van der Waals surface area contributed by atoms with E-state index in [4.69, 9.17) is 16.3 Å². The molecule has 2 bridgehead atoms. The fraction of sp³-hybridized carbons (Fsp3) is 0.500. The van der Waals surface area contributed by atoms with Gasteiger partial charge in [0.25, 0.3) is 5.91 Å². The molecule has 3 aliphatic rings. The van der Waals surface area contributed by atoms with Crippen LogP contribution in [0.4, 0.5) is 5.69 Å². The smallest absolute Gasteiger partial charge is 0.292 e. The second-order valence-electron chi connectivity index (χ2n) is 10.7. The van der Waals surface area contributed by atoms with Crippen molar-refractivity contribution in [2.24, 2.45) is 11.8 Å². The summed E-state index contributed by atoms with van der Waals surface area (Å²) in [7, 11) is 0. The molecule has 2 aromatic carbocycles. The molecule has 2 N–H and O–H groups in total. The largest absolute Gasteiger partial charge is 0.593 e. The predicted molar refractivity (Wildman–Crippen MR) is 153 cm³/mol. The van der Waals surface area contributed by atoms with E-state index in [1.54, 1.807) is 6.07 Å². The van der Waals surface area contributed by atoms with Crippen molar-refractivity contribution in [3.05, 3.63) is 70.3 Å². The van der Waals surface area contributed by atoms with Gasteiger partial charge < -0.3 is 19.3 Å². The number of hydrogen-bond acceptors (Lipinski definition) is 5. The van der Waals surface area contributed by atoms with Crippen LogP contribution in [-0.4, -0.2) is 47.1 Å². The maximum atomic E-state index is 13.0. The highest BCUT2D eigenvalue weighted by atomic mass is 35.5. The summed E-state index contributed by atoms with van der Waals surface area (Å²) in [6, 6.07) is 11.6. The van der Waals surface area contributed by atoms with Gasteiger partial charge in [-0.25, -0.2) is 0 Å². The number of aliphatic hydroxyl groups is 1. The van der Waals surface area contributed by atoms with Crippen molar-refractivity contribution in [3.8, 4) is 5.75 Å². The van der Waals surface area contributed by atoms with Crippen molar-refractivity contribution in [1.29, 1.82) is 0 Å². The van der Waals surface area contributed by atoms with Gasteiger partial charge in [0.15, 0.2) is 0 Å². The SMILES string of the molecule is CCCc1cc(Cl)ccc1C1COc2ccc3cc2N(C1)CC1CCC1C(O)/C=C/CCC[S+]([O-])NC3=O. The standard InChI is InChI=1S/C30H37ClN2O4S/c1-2-6-20-15-24(31)10-12-25(20)23-18-33-17-22-8-11-26(22)28(34)7-4-3-5-14-38(36)32-30(35)21-9-13-29(37-19-23)27(33)16-21/h4,7,9-10,12-13,15-16,22-23,26,28,34H,2-3,5-6,8,11,14,17-19H2,1H3,(H,32,35)/b7-4+. The Labute approximate surface area is 233 Å². The number of anilines is 1. The van der Waals surface area contributed by atoms with Gasteiger partial charge in [0.1, 0.15) is 11.5 Å². The summed E-state index contributed by atoms with van der Waals surface area (Å²) in [5, 5.41) is 11.7. The number of nitrogens with zero attached hydrogens (tertiary/aromatic N) is 1. The summed E-state index contributed by atoms with van der Waals surface area (Å²) in [5.41, 5.74) is 3.84. The Balaban J connectivity index is 1.50. The fourth-order valence-corrected chi connectivity index (χ4v) is 6.98. The number of allylic oxidation sites excluding steroid dienone is 1. The van der Waals surface area contributed by atoms with Crippen molar-refractivity contribution >= 4 is 34.6 Å². The van der Waals surface area contributed by atoms with Gasteiger partial charge in [0.2, 0.25) is 0 Å². The molecule has 0 saturated heterocycles. The van der Waals surface area contributed by atoms with E-state index in [1.165, 1.54) is 11.1 Å². The third-order valence-electron chi connectivity index (χ3n) is 8.12. The minimum atomic E-state index is -1.46. The Morgan fingerprint density at radius 1 is 1.21 bits per heavy atom. The Hall–Kier alpha value is -2.19. The van der Waals surface area contributed by atoms with Crippen molar-refractivity contribution in [2.75, 3.05) is 30.3 Å². The van der Waals surface area contributed by atoms with Crippen LogP contribution < -0.4 is 14.4 Å². The summed E-state index contributed by atoms with van der Waals surface area (Å²) in [4.78, 5) is 15.3. The number of ether oxygens (including phenoxy) is 1. The molecule has 8 heteroatoms. The minimum absolute atomic E-state index is 0.125. The van der Waals surface area contributed by atoms with Crippen molar-refractivity contribution in [2.45, 2.75) is 57.5 Å². The Bertz CT molecular complexity index is 1170. The highest BCUT2D eigenvalue weighted by molar-refractivity contribution is 7.90. The molecule has 1 saturated carbocycles. The summed E-state index contributed by atoms with van der Waals surface area (Å²) in [5.74, 6) is 1.46. The Kier molecular flexibility index (Phi) is 8.88. The molecule has 1 amide bonds. The van der Waals surface area contributed by atoms with Crippen LogP contribution in [0, 0.1) is 11.8 Å². The first-order chi connectivity index (χ1) is 18.4. The number of benzene rings is 2. The predicted octanol–water partition coefficient (Wildman–Crippen LogP) is 5.41. The van der Waals surface area contributed by atoms with Crippen LogP contribution in [0.3, 0.4) is 0 Å². The van der Waals surface area contributed by atoms with Crippen LogP contribution in [0.1, 0.15) is 66.4 Å². The first kappa shape index (κ1) is 27.4. The Morgan fingerprint density at radius 3 is 2.87 bits per heavy atom. The minimum Gasteiger partial charge on any atom is -0.593 e. The molecule has 0 spiro atoms. The molecule has 2 aliphatic heterocycles. The second-order valence-corrected chi connectivity index (χ2v) is 12.5. The number of carbonyl (C=O) groups excluding carboxylic acids is 1. The van der Waals surface area contributed by atoms with Gasteiger partial charge >= 0.3 is 0 Å². The van der Waals surface area contributed by atoms with E-state index in [0.29, 0.717) is 30.3 Å². The van der Waals surface area contributed by atoms with Gasteiger partial charge in [-0.2, -0.15) is 4.72 Å². The van der Waals surface area contributed by atoms with Gasteiger partial charge in [-0.15, -0.1) is 0 Å². The molecular formula is C30H37ClN2O4S. The zero-order valence-corrected chi connectivity index (χ0v) is 23.5. The van der Waals surface area contributed by atoms with Gasteiger partial charge in [0, 0.05) is 29.6 Å². The average Bonchev–Trinajstić information content (AvgIpc) is 3.05. The quantitative estimate of drug-likeness (QED) is 0.390. The van der Waals surface area contributed by atoms with Crippen LogP contribution in [-0.2, 0) is 17.8 Å². The van der Waals surface area contributed by atoms with E-state index in [1.807, 2.05) is 30.4 Å². The summed E-state index contributed by atoms with van der Waals surface area (Å²) in [6.07, 6.45) is 8.85. The molecule has 204 valence electrons. The van der Waals surface area contributed by atoms with Crippen LogP contribution in [0.25, 0.3) is 0 Å². The topological polar surface area (TPSA) is 84.9 Å². The lowest BCUT2D eigenvalue weighted by atomic mass is 9.70. The number of aliphatic hydroxyl groups excluding tert-OH is 1. The molecule has 2 aromatic rings.